The number of likely N-dealkylation sites (N-methyl/N-ethyl adjacent to an activating group) is 1. The van der Waals surface area contributed by atoms with Gasteiger partial charge in [0.2, 0.25) is 15.9 Å². The van der Waals surface area contributed by atoms with Crippen molar-refractivity contribution in [2.75, 3.05) is 13.6 Å². The van der Waals surface area contributed by atoms with Gasteiger partial charge in [0.25, 0.3) is 0 Å². The Labute approximate surface area is 127 Å². The van der Waals surface area contributed by atoms with Crippen molar-refractivity contribution in [2.24, 2.45) is 5.92 Å². The van der Waals surface area contributed by atoms with Gasteiger partial charge in [0.1, 0.15) is 0 Å². The third-order valence-corrected chi connectivity index (χ3v) is 5.30. The number of hydrogen-bond acceptors (Lipinski definition) is 3. The fraction of sp³-hybridized carbons (Fsp3) is 0.533. The molecule has 1 N–H and O–H groups in total. The van der Waals surface area contributed by atoms with Gasteiger partial charge in [0.05, 0.1) is 11.4 Å². The summed E-state index contributed by atoms with van der Waals surface area (Å²) >= 11 is 0. The summed E-state index contributed by atoms with van der Waals surface area (Å²) in [6, 6.07) is 6.59. The lowest BCUT2D eigenvalue weighted by Gasteiger charge is -2.21. The molecule has 0 saturated carbocycles. The van der Waals surface area contributed by atoms with Gasteiger partial charge in [-0.25, -0.2) is 8.42 Å². The molecule has 1 aromatic carbocycles. The predicted octanol–water partition coefficient (Wildman–Crippen LogP) is 1.78. The molecule has 1 rings (SSSR count). The molecule has 0 spiro atoms. The summed E-state index contributed by atoms with van der Waals surface area (Å²) in [5, 5.41) is 2.80. The van der Waals surface area contributed by atoms with Gasteiger partial charge in [-0.3, -0.25) is 4.79 Å². The average molecular weight is 312 g/mol. The standard InChI is InChI=1S/C15H24N2O3S/c1-11(2)13(4)16-15(18)10-17(5)21(19,20)14-8-6-12(3)7-9-14/h6-9,11,13H,10H2,1-5H3,(H,16,18)/t13-/m1/s1. The maximum absolute atomic E-state index is 12.3. The van der Waals surface area contributed by atoms with E-state index in [1.807, 2.05) is 27.7 Å². The largest absolute Gasteiger partial charge is 0.352 e. The highest BCUT2D eigenvalue weighted by molar-refractivity contribution is 7.89. The van der Waals surface area contributed by atoms with E-state index in [-0.39, 0.29) is 23.4 Å². The Morgan fingerprint density at radius 1 is 1.19 bits per heavy atom. The number of rotatable bonds is 6. The van der Waals surface area contributed by atoms with Crippen molar-refractivity contribution in [1.29, 1.82) is 0 Å². The van der Waals surface area contributed by atoms with Crippen LogP contribution in [0, 0.1) is 12.8 Å². The van der Waals surface area contributed by atoms with E-state index < -0.39 is 10.0 Å². The second-order valence-electron chi connectivity index (χ2n) is 5.67. The van der Waals surface area contributed by atoms with E-state index in [9.17, 15) is 13.2 Å². The number of nitrogens with one attached hydrogen (secondary N) is 1. The molecule has 0 saturated heterocycles. The molecule has 0 aliphatic rings. The van der Waals surface area contributed by atoms with Gasteiger partial charge in [-0.1, -0.05) is 31.5 Å². The molecule has 1 amide bonds. The summed E-state index contributed by atoms with van der Waals surface area (Å²) in [7, 11) is -2.22. The van der Waals surface area contributed by atoms with Crippen LogP contribution < -0.4 is 5.32 Å². The van der Waals surface area contributed by atoms with E-state index in [0.29, 0.717) is 5.92 Å². The molecular formula is C15H24N2O3S. The third kappa shape index (κ3) is 4.82. The average Bonchev–Trinajstić information content (AvgIpc) is 2.38. The summed E-state index contributed by atoms with van der Waals surface area (Å²) in [4.78, 5) is 12.1. The van der Waals surface area contributed by atoms with Gasteiger partial charge >= 0.3 is 0 Å². The number of amides is 1. The molecular weight excluding hydrogens is 288 g/mol. The molecule has 0 aromatic heterocycles. The Hall–Kier alpha value is -1.40. The van der Waals surface area contributed by atoms with Crippen molar-refractivity contribution in [3.63, 3.8) is 0 Å². The first-order chi connectivity index (χ1) is 9.64. The SMILES string of the molecule is Cc1ccc(S(=O)(=O)N(C)CC(=O)N[C@H](C)C(C)C)cc1. The molecule has 0 bridgehead atoms. The molecule has 0 aliphatic heterocycles. The van der Waals surface area contributed by atoms with E-state index in [1.165, 1.54) is 7.05 Å². The smallest absolute Gasteiger partial charge is 0.243 e. The van der Waals surface area contributed by atoms with Crippen LogP contribution in [0.1, 0.15) is 26.3 Å². The van der Waals surface area contributed by atoms with Gasteiger partial charge in [0.15, 0.2) is 0 Å². The van der Waals surface area contributed by atoms with Crippen LogP contribution in [-0.4, -0.2) is 38.3 Å². The molecule has 0 unspecified atom stereocenters. The zero-order valence-electron chi connectivity index (χ0n) is 13.3. The van der Waals surface area contributed by atoms with Crippen molar-refractivity contribution < 1.29 is 13.2 Å². The van der Waals surface area contributed by atoms with Crippen LogP contribution in [0.25, 0.3) is 0 Å². The zero-order valence-corrected chi connectivity index (χ0v) is 14.1. The molecule has 21 heavy (non-hydrogen) atoms. The quantitative estimate of drug-likeness (QED) is 0.870. The summed E-state index contributed by atoms with van der Waals surface area (Å²) in [5.74, 6) is 0.00217. The Kier molecular flexibility index (Phi) is 5.92. The van der Waals surface area contributed by atoms with Crippen molar-refractivity contribution in [1.82, 2.24) is 9.62 Å². The molecule has 118 valence electrons. The zero-order chi connectivity index (χ0) is 16.2. The highest BCUT2D eigenvalue weighted by Gasteiger charge is 2.23. The van der Waals surface area contributed by atoms with Crippen molar-refractivity contribution in [2.45, 2.75) is 38.6 Å². The predicted molar refractivity (Wildman–Crippen MR) is 83.4 cm³/mol. The number of sulfonamides is 1. The molecule has 6 heteroatoms. The number of benzene rings is 1. The molecule has 1 atom stereocenters. The highest BCUT2D eigenvalue weighted by Crippen LogP contribution is 2.14. The summed E-state index contributed by atoms with van der Waals surface area (Å²) in [5.41, 5.74) is 0.986. The van der Waals surface area contributed by atoms with Crippen LogP contribution in [-0.2, 0) is 14.8 Å². The second kappa shape index (κ2) is 7.04. The number of carbonyl (C=O) groups is 1. The van der Waals surface area contributed by atoms with Crippen molar-refractivity contribution in [3.05, 3.63) is 29.8 Å². The van der Waals surface area contributed by atoms with Gasteiger partial charge in [-0.2, -0.15) is 4.31 Å². The highest BCUT2D eigenvalue weighted by atomic mass is 32.2. The van der Waals surface area contributed by atoms with Crippen LogP contribution in [0.2, 0.25) is 0 Å². The topological polar surface area (TPSA) is 66.5 Å². The Morgan fingerprint density at radius 3 is 2.19 bits per heavy atom. The van der Waals surface area contributed by atoms with Gasteiger partial charge in [-0.15, -0.1) is 0 Å². The Morgan fingerprint density at radius 2 is 1.71 bits per heavy atom. The Balaban J connectivity index is 2.76. The number of carbonyl (C=O) groups excluding carboxylic acids is 1. The number of aryl methyl sites for hydroxylation is 1. The fourth-order valence-electron chi connectivity index (χ4n) is 1.64. The third-order valence-electron chi connectivity index (χ3n) is 3.48. The van der Waals surface area contributed by atoms with Crippen LogP contribution in [0.3, 0.4) is 0 Å². The number of nitrogens with zero attached hydrogens (tertiary/aromatic N) is 1. The van der Waals surface area contributed by atoms with Crippen LogP contribution in [0.5, 0.6) is 0 Å². The van der Waals surface area contributed by atoms with E-state index in [2.05, 4.69) is 5.32 Å². The monoisotopic (exact) mass is 312 g/mol. The fourth-order valence-corrected chi connectivity index (χ4v) is 2.77. The lowest BCUT2D eigenvalue weighted by atomic mass is 10.1. The first-order valence-corrected chi connectivity index (χ1v) is 8.41. The lowest BCUT2D eigenvalue weighted by Crippen LogP contribution is -2.43. The number of hydrogen-bond donors (Lipinski definition) is 1. The summed E-state index contributed by atoms with van der Waals surface area (Å²) in [6.45, 7) is 7.60. The first kappa shape index (κ1) is 17.7. The second-order valence-corrected chi connectivity index (χ2v) is 7.72. The summed E-state index contributed by atoms with van der Waals surface area (Å²) < 4.78 is 25.8. The van der Waals surface area contributed by atoms with E-state index in [1.54, 1.807) is 24.3 Å². The minimum absolute atomic E-state index is 0.00739. The minimum atomic E-state index is -3.63. The lowest BCUT2D eigenvalue weighted by molar-refractivity contribution is -0.122. The van der Waals surface area contributed by atoms with Crippen LogP contribution in [0.4, 0.5) is 0 Å². The van der Waals surface area contributed by atoms with Gasteiger partial charge < -0.3 is 5.32 Å². The summed E-state index contributed by atoms with van der Waals surface area (Å²) in [6.07, 6.45) is 0. The van der Waals surface area contributed by atoms with Crippen LogP contribution in [0.15, 0.2) is 29.2 Å². The van der Waals surface area contributed by atoms with E-state index in [4.69, 9.17) is 0 Å². The maximum atomic E-state index is 12.3. The molecule has 0 aliphatic carbocycles. The van der Waals surface area contributed by atoms with Crippen LogP contribution >= 0.6 is 0 Å². The van der Waals surface area contributed by atoms with E-state index >= 15 is 0 Å². The van der Waals surface area contributed by atoms with Crippen molar-refractivity contribution >= 4 is 15.9 Å². The van der Waals surface area contributed by atoms with Gasteiger partial charge in [-0.05, 0) is 31.9 Å². The molecule has 0 radical (unpaired) electrons. The Bertz CT molecular complexity index is 579. The first-order valence-electron chi connectivity index (χ1n) is 6.97. The van der Waals surface area contributed by atoms with Gasteiger partial charge in [0, 0.05) is 13.1 Å². The molecule has 0 heterocycles. The van der Waals surface area contributed by atoms with E-state index in [0.717, 1.165) is 9.87 Å². The molecule has 1 aromatic rings. The molecule has 5 nitrogen and oxygen atoms in total. The molecule has 0 fully saturated rings. The normalized spacial score (nSPS) is 13.5. The minimum Gasteiger partial charge on any atom is -0.352 e. The van der Waals surface area contributed by atoms with Crippen molar-refractivity contribution in [3.8, 4) is 0 Å². The maximum Gasteiger partial charge on any atom is 0.243 e.